The quantitative estimate of drug-likeness (QED) is 0.691. The number of nitrogens with zero attached hydrogens (tertiary/aromatic N) is 1. The number of carbonyl (C=O) groups excluding carboxylic acids is 2. The number of benzene rings is 1. The van der Waals surface area contributed by atoms with Crippen LogP contribution in [0.2, 0.25) is 0 Å². The van der Waals surface area contributed by atoms with Gasteiger partial charge in [0.25, 0.3) is 0 Å². The van der Waals surface area contributed by atoms with Crippen LogP contribution in [0.15, 0.2) is 19.5 Å². The van der Waals surface area contributed by atoms with E-state index >= 15 is 0 Å². The summed E-state index contributed by atoms with van der Waals surface area (Å²) in [5, 5.41) is 11.5. The Kier molecular flexibility index (Phi) is 5.72. The van der Waals surface area contributed by atoms with Gasteiger partial charge in [-0.2, -0.15) is 0 Å². The molecule has 0 aliphatic carbocycles. The van der Waals surface area contributed by atoms with Gasteiger partial charge in [-0.05, 0) is 53.9 Å². The lowest BCUT2D eigenvalue weighted by atomic mass is 10.2. The van der Waals surface area contributed by atoms with Crippen LogP contribution in [-0.4, -0.2) is 30.1 Å². The second kappa shape index (κ2) is 6.68. The summed E-state index contributed by atoms with van der Waals surface area (Å²) < 4.78 is 0.818. The first-order valence-corrected chi connectivity index (χ1v) is 7.53. The van der Waals surface area contributed by atoms with Crippen LogP contribution in [0.1, 0.15) is 17.3 Å². The highest BCUT2D eigenvalue weighted by atomic mass is 79.9. The average Bonchev–Trinajstić information content (AvgIpc) is 2.31. The lowest BCUT2D eigenvalue weighted by Gasteiger charge is -2.22. The van der Waals surface area contributed by atoms with E-state index in [1.165, 1.54) is 20.0 Å². The van der Waals surface area contributed by atoms with Crippen LogP contribution in [0.4, 0.5) is 10.5 Å². The molecular weight excluding hydrogens is 464 g/mol. The van der Waals surface area contributed by atoms with Gasteiger partial charge in [0.2, 0.25) is 5.91 Å². The number of rotatable bonds is 2. The fourth-order valence-corrected chi connectivity index (χ4v) is 4.31. The van der Waals surface area contributed by atoms with Crippen LogP contribution in [0, 0.1) is 0 Å². The Hall–Kier alpha value is -0.930. The predicted molar refractivity (Wildman–Crippen MR) is 84.1 cm³/mol. The normalized spacial score (nSPS) is 10.1. The van der Waals surface area contributed by atoms with Crippen molar-refractivity contribution in [1.82, 2.24) is 5.32 Å². The molecule has 0 aliphatic heterocycles. The standard InChI is InChI=1S/C11H9Br3N2O4/c1-4(17)16(11(20)15-2)9-6(13)3-5(12)7(8(9)14)10(18)19/h3H,1-2H3,(H,15,20)(H,18,19). The minimum Gasteiger partial charge on any atom is -0.478 e. The van der Waals surface area contributed by atoms with Gasteiger partial charge >= 0.3 is 12.0 Å². The van der Waals surface area contributed by atoms with Crippen LogP contribution in [0.3, 0.4) is 0 Å². The SMILES string of the molecule is CNC(=O)N(C(C)=O)c1c(Br)cc(Br)c(C(=O)O)c1Br. The highest BCUT2D eigenvalue weighted by Crippen LogP contribution is 2.41. The predicted octanol–water partition coefficient (Wildman–Crippen LogP) is 3.36. The van der Waals surface area contributed by atoms with Crippen molar-refractivity contribution in [3.8, 4) is 0 Å². The minimum atomic E-state index is -1.20. The van der Waals surface area contributed by atoms with Gasteiger partial charge in [-0.25, -0.2) is 14.5 Å². The third-order valence-corrected chi connectivity index (χ3v) is 4.32. The van der Waals surface area contributed by atoms with Crippen molar-refractivity contribution in [2.24, 2.45) is 0 Å². The Balaban J connectivity index is 3.66. The second-order valence-corrected chi connectivity index (χ2v) is 6.09. The number of urea groups is 1. The number of imide groups is 1. The molecule has 2 N–H and O–H groups in total. The summed E-state index contributed by atoms with van der Waals surface area (Å²) >= 11 is 9.48. The van der Waals surface area contributed by atoms with Gasteiger partial charge in [-0.15, -0.1) is 0 Å². The first-order chi connectivity index (χ1) is 9.22. The second-order valence-electron chi connectivity index (χ2n) is 3.59. The molecular formula is C11H9Br3N2O4. The summed E-state index contributed by atoms with van der Waals surface area (Å²) in [4.78, 5) is 35.6. The topological polar surface area (TPSA) is 86.7 Å². The molecule has 9 heteroatoms. The largest absolute Gasteiger partial charge is 0.478 e. The van der Waals surface area contributed by atoms with Crippen molar-refractivity contribution >= 4 is 71.4 Å². The van der Waals surface area contributed by atoms with E-state index in [2.05, 4.69) is 53.1 Å². The first-order valence-electron chi connectivity index (χ1n) is 5.15. The molecule has 0 saturated heterocycles. The van der Waals surface area contributed by atoms with Crippen molar-refractivity contribution in [3.05, 3.63) is 25.0 Å². The minimum absolute atomic E-state index is 0.0849. The van der Waals surface area contributed by atoms with E-state index < -0.39 is 17.9 Å². The van der Waals surface area contributed by atoms with Crippen LogP contribution >= 0.6 is 47.8 Å². The number of aromatic carboxylic acids is 1. The molecule has 6 nitrogen and oxygen atoms in total. The van der Waals surface area contributed by atoms with E-state index in [1.54, 1.807) is 0 Å². The van der Waals surface area contributed by atoms with Gasteiger partial charge in [0, 0.05) is 22.9 Å². The van der Waals surface area contributed by atoms with Crippen molar-refractivity contribution < 1.29 is 19.5 Å². The van der Waals surface area contributed by atoms with Crippen molar-refractivity contribution in [2.75, 3.05) is 11.9 Å². The molecule has 0 atom stereocenters. The highest BCUT2D eigenvalue weighted by Gasteiger charge is 2.28. The fraction of sp³-hybridized carbons (Fsp3) is 0.182. The molecule has 1 rings (SSSR count). The summed E-state index contributed by atoms with van der Waals surface area (Å²) in [7, 11) is 1.37. The zero-order valence-electron chi connectivity index (χ0n) is 10.3. The molecule has 0 radical (unpaired) electrons. The molecule has 0 heterocycles. The maximum absolute atomic E-state index is 11.8. The van der Waals surface area contributed by atoms with Crippen LogP contribution in [-0.2, 0) is 4.79 Å². The number of amides is 3. The summed E-state index contributed by atoms with van der Waals surface area (Å²) in [6, 6.07) is 0.792. The van der Waals surface area contributed by atoms with Crippen molar-refractivity contribution in [2.45, 2.75) is 6.92 Å². The number of carboxylic acid groups (broad SMARTS) is 1. The number of halogens is 3. The summed E-state index contributed by atoms with van der Waals surface area (Å²) in [6.45, 7) is 1.20. The Morgan fingerprint density at radius 3 is 2.15 bits per heavy atom. The Morgan fingerprint density at radius 2 is 1.75 bits per heavy atom. The number of hydrogen-bond donors (Lipinski definition) is 2. The molecule has 0 bridgehead atoms. The highest BCUT2D eigenvalue weighted by molar-refractivity contribution is 9.11. The molecule has 108 valence electrons. The number of anilines is 1. The smallest absolute Gasteiger partial charge is 0.338 e. The molecule has 1 aromatic carbocycles. The molecule has 0 fully saturated rings. The lowest BCUT2D eigenvalue weighted by Crippen LogP contribution is -2.42. The summed E-state index contributed by atoms with van der Waals surface area (Å²) in [5.41, 5.74) is 0.0378. The Labute approximate surface area is 139 Å². The molecule has 0 aromatic heterocycles. The van der Waals surface area contributed by atoms with E-state index in [4.69, 9.17) is 0 Å². The number of carboxylic acids is 1. The molecule has 20 heavy (non-hydrogen) atoms. The monoisotopic (exact) mass is 470 g/mol. The third-order valence-electron chi connectivity index (χ3n) is 2.32. The van der Waals surface area contributed by atoms with E-state index in [0.717, 1.165) is 4.90 Å². The Bertz CT molecular complexity index is 604. The number of carbonyl (C=O) groups is 3. The van der Waals surface area contributed by atoms with E-state index in [0.29, 0.717) is 8.95 Å². The van der Waals surface area contributed by atoms with Gasteiger partial charge in [-0.3, -0.25) is 4.79 Å². The summed E-state index contributed by atoms with van der Waals surface area (Å²) in [5.74, 6) is -1.75. The van der Waals surface area contributed by atoms with E-state index in [9.17, 15) is 19.5 Å². The molecule has 1 aromatic rings. The zero-order chi connectivity index (χ0) is 15.6. The fourth-order valence-electron chi connectivity index (χ4n) is 1.49. The van der Waals surface area contributed by atoms with Gasteiger partial charge in [0.05, 0.1) is 15.7 Å². The van der Waals surface area contributed by atoms with Crippen LogP contribution < -0.4 is 10.2 Å². The van der Waals surface area contributed by atoms with Crippen molar-refractivity contribution in [1.29, 1.82) is 0 Å². The van der Waals surface area contributed by atoms with Gasteiger partial charge < -0.3 is 10.4 Å². The van der Waals surface area contributed by atoms with Gasteiger partial charge in [0.1, 0.15) is 0 Å². The zero-order valence-corrected chi connectivity index (χ0v) is 15.1. The number of nitrogens with one attached hydrogen (secondary N) is 1. The van der Waals surface area contributed by atoms with E-state index in [-0.39, 0.29) is 15.7 Å². The molecule has 0 spiro atoms. The lowest BCUT2D eigenvalue weighted by molar-refractivity contribution is -0.115. The molecule has 3 amide bonds. The first kappa shape index (κ1) is 17.1. The number of hydrogen-bond acceptors (Lipinski definition) is 3. The van der Waals surface area contributed by atoms with Gasteiger partial charge in [-0.1, -0.05) is 0 Å². The Morgan fingerprint density at radius 1 is 1.20 bits per heavy atom. The molecule has 0 aliphatic rings. The maximum atomic E-state index is 11.8. The van der Waals surface area contributed by atoms with Crippen LogP contribution in [0.5, 0.6) is 0 Å². The van der Waals surface area contributed by atoms with E-state index in [1.807, 2.05) is 0 Å². The average molecular weight is 473 g/mol. The maximum Gasteiger partial charge on any atom is 0.338 e. The van der Waals surface area contributed by atoms with Gasteiger partial charge in [0.15, 0.2) is 0 Å². The van der Waals surface area contributed by atoms with Crippen molar-refractivity contribution in [3.63, 3.8) is 0 Å². The van der Waals surface area contributed by atoms with Crippen LogP contribution in [0.25, 0.3) is 0 Å². The molecule has 0 saturated carbocycles. The molecule has 0 unspecified atom stereocenters. The summed E-state index contributed by atoms with van der Waals surface area (Å²) in [6.07, 6.45) is 0. The third kappa shape index (κ3) is 3.21.